The van der Waals surface area contributed by atoms with Gasteiger partial charge in [0.2, 0.25) is 0 Å². The van der Waals surface area contributed by atoms with Crippen molar-refractivity contribution in [2.45, 2.75) is 285 Å². The van der Waals surface area contributed by atoms with Crippen LogP contribution < -0.4 is 0 Å². The Bertz CT molecular complexity index is 2130. The van der Waals surface area contributed by atoms with Crippen LogP contribution in [0.1, 0.15) is 225 Å². The average Bonchev–Trinajstić information content (AvgIpc) is 2.11. The highest BCUT2D eigenvalue weighted by Gasteiger charge is 2.70. The second-order valence-electron chi connectivity index (χ2n) is 32.4. The largest absolute Gasteiger partial charge is 0.481 e. The molecule has 0 aromatic heterocycles. The Kier molecular flexibility index (Phi) is 18.5. The molecule has 9 aliphatic carbocycles. The molecule has 10 unspecified atom stereocenters. The molecule has 82 heavy (non-hydrogen) atoms. The van der Waals surface area contributed by atoms with Crippen LogP contribution in [0.3, 0.4) is 0 Å². The van der Waals surface area contributed by atoms with Gasteiger partial charge in [0.05, 0.1) is 59.7 Å². The first kappa shape index (κ1) is 64.1. The Morgan fingerprint density at radius 1 is 0.451 bits per heavy atom. The molecular formula is C68H112O14. The molecule has 0 radical (unpaired) electrons. The molecule has 14 heteroatoms. The molecule has 6 N–H and O–H groups in total. The summed E-state index contributed by atoms with van der Waals surface area (Å²) in [7, 11) is 0. The molecule has 0 aromatic carbocycles. The maximum Gasteiger partial charge on any atom is 0.309 e. The highest BCUT2D eigenvalue weighted by Crippen LogP contribution is 2.72. The number of carbonyl (C=O) groups is 4. The summed E-state index contributed by atoms with van der Waals surface area (Å²) >= 11 is 0. The Hall–Kier alpha value is -2.36. The van der Waals surface area contributed by atoms with Gasteiger partial charge >= 0.3 is 23.9 Å². The van der Waals surface area contributed by atoms with Gasteiger partial charge in [0.1, 0.15) is 12.2 Å². The topological polar surface area (TPSA) is 227 Å². The molecule has 0 heterocycles. The number of fused-ring (bicyclic) bond motifs is 10. The minimum atomic E-state index is -0.795. The molecule has 0 amide bonds. The van der Waals surface area contributed by atoms with Crippen LogP contribution in [0.25, 0.3) is 0 Å². The van der Waals surface area contributed by atoms with Gasteiger partial charge < -0.3 is 49.6 Å². The molecule has 9 fully saturated rings. The molecule has 9 aliphatic rings. The SMILES string of the molecule is CC(OC(C)(C)C)C1C[C@@H](OC(=O)C2CCC(C(=O)O[C@@H]3CC(C(C)OC(C)(C)C)[C@]4(C)C5C[C@H](O)[C@@]6(C)C(CC[C@@H]6[C@H](C)CCC(=O)O)C5[C@H](O)C[C@@H]4C3)CC2)C[C@H]2C[C@@H](O)C3C(C[C@H](O)[C@@]4(C)C3CC[C@@H]4[C@H](C)CCC(=O)O)[C@@]12C. The molecule has 14 nitrogen and oxygen atoms in total. The van der Waals surface area contributed by atoms with Crippen molar-refractivity contribution in [3.8, 4) is 0 Å². The molecule has 9 rings (SSSR count). The third-order valence-electron chi connectivity index (χ3n) is 26.2. The first-order chi connectivity index (χ1) is 38.1. The summed E-state index contributed by atoms with van der Waals surface area (Å²) in [4.78, 5) is 52.0. The lowest BCUT2D eigenvalue weighted by Crippen LogP contribution is -2.65. The normalized spacial score (nSPS) is 47.0. The highest BCUT2D eigenvalue weighted by molar-refractivity contribution is 5.75. The molecule has 468 valence electrons. The van der Waals surface area contributed by atoms with E-state index in [4.69, 9.17) is 18.9 Å². The summed E-state index contributed by atoms with van der Waals surface area (Å²) in [5.74, 6) is -1.74. The average molecular weight is 1150 g/mol. The predicted molar refractivity (Wildman–Crippen MR) is 312 cm³/mol. The lowest BCUT2D eigenvalue weighted by molar-refractivity contribution is -0.243. The first-order valence-electron chi connectivity index (χ1n) is 33.1. The van der Waals surface area contributed by atoms with Crippen LogP contribution in [0.15, 0.2) is 0 Å². The van der Waals surface area contributed by atoms with E-state index >= 15 is 0 Å². The Morgan fingerprint density at radius 3 is 1.11 bits per heavy atom. The number of hydrogen-bond donors (Lipinski definition) is 6. The lowest BCUT2D eigenvalue weighted by atomic mass is 9.40. The number of ether oxygens (including phenoxy) is 4. The molecular weight excluding hydrogens is 1040 g/mol. The van der Waals surface area contributed by atoms with E-state index in [2.05, 4.69) is 96.9 Å². The van der Waals surface area contributed by atoms with Gasteiger partial charge in [0.25, 0.3) is 0 Å². The van der Waals surface area contributed by atoms with Crippen LogP contribution in [0.5, 0.6) is 0 Å². The summed E-state index contributed by atoms with van der Waals surface area (Å²) in [6.45, 7) is 30.2. The molecule has 0 saturated heterocycles. The fourth-order valence-corrected chi connectivity index (χ4v) is 22.6. The van der Waals surface area contributed by atoms with Gasteiger partial charge in [0.15, 0.2) is 0 Å². The summed E-state index contributed by atoms with van der Waals surface area (Å²) in [6.07, 6.45) is 8.54. The van der Waals surface area contributed by atoms with E-state index in [-0.39, 0.29) is 155 Å². The van der Waals surface area contributed by atoms with Crippen molar-refractivity contribution in [3.05, 3.63) is 0 Å². The van der Waals surface area contributed by atoms with Crippen molar-refractivity contribution in [2.75, 3.05) is 0 Å². The van der Waals surface area contributed by atoms with E-state index < -0.39 is 58.4 Å². The predicted octanol–water partition coefficient (Wildman–Crippen LogP) is 11.7. The van der Waals surface area contributed by atoms with Gasteiger partial charge in [-0.15, -0.1) is 0 Å². The Balaban J connectivity index is 0.850. The third kappa shape index (κ3) is 11.7. The molecule has 26 atom stereocenters. The third-order valence-corrected chi connectivity index (χ3v) is 26.2. The van der Waals surface area contributed by atoms with Crippen LogP contribution in [0, 0.1) is 116 Å². The van der Waals surface area contributed by atoms with Gasteiger partial charge in [-0.05, 0) is 275 Å². The van der Waals surface area contributed by atoms with Crippen LogP contribution in [0.4, 0.5) is 0 Å². The van der Waals surface area contributed by atoms with Crippen LogP contribution in [0.2, 0.25) is 0 Å². The minimum absolute atomic E-state index is 0.00524. The van der Waals surface area contributed by atoms with Crippen molar-refractivity contribution in [1.29, 1.82) is 0 Å². The summed E-state index contributed by atoms with van der Waals surface area (Å²) in [5.41, 5.74) is -2.28. The van der Waals surface area contributed by atoms with Gasteiger partial charge in [-0.3, -0.25) is 19.2 Å². The van der Waals surface area contributed by atoms with Gasteiger partial charge in [-0.1, -0.05) is 41.5 Å². The second-order valence-corrected chi connectivity index (χ2v) is 32.4. The number of esters is 2. The maximum atomic E-state index is 14.4. The smallest absolute Gasteiger partial charge is 0.309 e. The van der Waals surface area contributed by atoms with E-state index in [1.54, 1.807) is 0 Å². The number of carboxylic acid groups (broad SMARTS) is 2. The number of aliphatic hydroxyl groups is 4. The van der Waals surface area contributed by atoms with Crippen LogP contribution in [-0.4, -0.2) is 115 Å². The molecule has 0 spiro atoms. The van der Waals surface area contributed by atoms with Crippen LogP contribution in [-0.2, 0) is 38.1 Å². The quantitative estimate of drug-likeness (QED) is 0.0791. The van der Waals surface area contributed by atoms with Crippen LogP contribution >= 0.6 is 0 Å². The minimum Gasteiger partial charge on any atom is -0.481 e. The number of hydrogen-bond acceptors (Lipinski definition) is 12. The molecule has 0 aliphatic heterocycles. The fraction of sp³-hybridized carbons (Fsp3) is 0.941. The van der Waals surface area contributed by atoms with Gasteiger partial charge in [-0.2, -0.15) is 0 Å². The monoisotopic (exact) mass is 1150 g/mol. The van der Waals surface area contributed by atoms with Crippen molar-refractivity contribution >= 4 is 23.9 Å². The van der Waals surface area contributed by atoms with E-state index in [1.807, 2.05) is 0 Å². The number of aliphatic carboxylic acids is 2. The fourth-order valence-electron chi connectivity index (χ4n) is 22.6. The van der Waals surface area contributed by atoms with Crippen molar-refractivity contribution < 1.29 is 68.8 Å². The van der Waals surface area contributed by atoms with Crippen molar-refractivity contribution in [2.24, 2.45) is 116 Å². The molecule has 0 bridgehead atoms. The second kappa shape index (κ2) is 23.6. The highest BCUT2D eigenvalue weighted by atomic mass is 16.6. The Morgan fingerprint density at radius 2 is 0.793 bits per heavy atom. The van der Waals surface area contributed by atoms with E-state index in [0.29, 0.717) is 89.9 Å². The number of carboxylic acids is 2. The zero-order valence-corrected chi connectivity index (χ0v) is 52.9. The summed E-state index contributed by atoms with van der Waals surface area (Å²) < 4.78 is 26.9. The standard InChI is InChI=1S/C68H112O14/c1-35(15-25-57(73)74)45-21-23-47-59-51(33-55(71)67(45,47)13)65(11)41(29-53(59)69)27-43(31-49(65)37(3)81-63(5,6)7)79-61(77)39-17-19-40(20-18-39)62(78)80-44-28-42-30-54(70)60-48-24-22-46(36(2)16-26-58(75)76)68(48,14)56(72)34-52(60)66(42,12)50(32-44)38(4)82-64(8,9)10/h35-56,59-60,69-72H,15-34H2,1-14H3,(H,73,74)(H,75,76)/t35-,36-,37?,38?,39?,40?,41+,42+,43+,44+,45-,46-,47?,48?,49?,50?,51?,52?,53-,54-,55+,56+,59?,60?,65-,66-,67-,68-/m1/s1. The zero-order chi connectivity index (χ0) is 60.1. The number of aliphatic hydroxyl groups excluding tert-OH is 4. The van der Waals surface area contributed by atoms with E-state index in [1.165, 1.54) is 0 Å². The lowest BCUT2D eigenvalue weighted by Gasteiger charge is -2.66. The van der Waals surface area contributed by atoms with Crippen molar-refractivity contribution in [1.82, 2.24) is 0 Å². The molecule has 9 saturated carbocycles. The number of carbonyl (C=O) groups excluding carboxylic acids is 2. The van der Waals surface area contributed by atoms with Gasteiger partial charge in [0, 0.05) is 12.8 Å². The van der Waals surface area contributed by atoms with E-state index in [9.17, 15) is 49.8 Å². The van der Waals surface area contributed by atoms with Gasteiger partial charge in [-0.25, -0.2) is 0 Å². The first-order valence-corrected chi connectivity index (χ1v) is 33.1. The molecule has 0 aromatic rings. The van der Waals surface area contributed by atoms with E-state index in [0.717, 1.165) is 25.7 Å². The Labute approximate surface area is 492 Å². The summed E-state index contributed by atoms with van der Waals surface area (Å²) in [6, 6.07) is 0. The number of rotatable bonds is 16. The van der Waals surface area contributed by atoms with Crippen molar-refractivity contribution in [3.63, 3.8) is 0 Å². The maximum absolute atomic E-state index is 14.4. The zero-order valence-electron chi connectivity index (χ0n) is 52.9. The summed E-state index contributed by atoms with van der Waals surface area (Å²) in [5, 5.41) is 68.6.